The van der Waals surface area contributed by atoms with E-state index in [0.717, 1.165) is 35.8 Å². The maximum Gasteiger partial charge on any atom is 0.256 e. The zero-order valence-electron chi connectivity index (χ0n) is 12.3. The van der Waals surface area contributed by atoms with Gasteiger partial charge in [0.25, 0.3) is 5.91 Å². The number of carbonyl (C=O) groups excluding carboxylic acids is 1. The molecule has 0 radical (unpaired) electrons. The Hall–Kier alpha value is -2.05. The molecule has 6 heteroatoms. The number of carbonyl (C=O) groups is 1. The molecular weight excluding hydrogens is 298 g/mol. The van der Waals surface area contributed by atoms with Crippen molar-refractivity contribution in [1.82, 2.24) is 5.32 Å². The molecule has 2 aliphatic rings. The van der Waals surface area contributed by atoms with Crippen molar-refractivity contribution in [2.45, 2.75) is 19.1 Å². The van der Waals surface area contributed by atoms with Gasteiger partial charge in [-0.25, -0.2) is 0 Å². The molecule has 2 aliphatic heterocycles. The van der Waals surface area contributed by atoms with E-state index < -0.39 is 0 Å². The van der Waals surface area contributed by atoms with Crippen molar-refractivity contribution >= 4 is 28.3 Å². The van der Waals surface area contributed by atoms with Gasteiger partial charge in [-0.2, -0.15) is 0 Å². The monoisotopic (exact) mass is 316 g/mol. The Kier molecular flexibility index (Phi) is 3.28. The van der Waals surface area contributed by atoms with Crippen LogP contribution in [0.15, 0.2) is 28.9 Å². The van der Waals surface area contributed by atoms with Gasteiger partial charge in [-0.1, -0.05) is 0 Å². The van der Waals surface area contributed by atoms with Gasteiger partial charge in [0.1, 0.15) is 23.5 Å². The van der Waals surface area contributed by atoms with Crippen LogP contribution >= 0.6 is 11.3 Å². The highest BCUT2D eigenvalue weighted by molar-refractivity contribution is 7.16. The Balaban J connectivity index is 1.60. The molecule has 0 aliphatic carbocycles. The molecule has 0 spiro atoms. The minimum atomic E-state index is -0.199. The van der Waals surface area contributed by atoms with Gasteiger partial charge in [0.05, 0.1) is 30.3 Å². The lowest BCUT2D eigenvalue weighted by Gasteiger charge is -2.24. The van der Waals surface area contributed by atoms with Gasteiger partial charge in [0, 0.05) is 6.42 Å². The number of amides is 1. The van der Waals surface area contributed by atoms with Gasteiger partial charge in [-0.05, 0) is 29.8 Å². The highest BCUT2D eigenvalue weighted by atomic mass is 32.1. The lowest BCUT2D eigenvalue weighted by Crippen LogP contribution is -3.08. The van der Waals surface area contributed by atoms with E-state index in [4.69, 9.17) is 4.42 Å². The highest BCUT2D eigenvalue weighted by Crippen LogP contribution is 2.36. The number of likely N-dealkylation sites (N-methyl/N-ethyl adjacent to an activating group) is 1. The van der Waals surface area contributed by atoms with Crippen molar-refractivity contribution in [3.63, 3.8) is 0 Å². The van der Waals surface area contributed by atoms with Crippen LogP contribution in [0.25, 0.3) is 6.08 Å². The van der Waals surface area contributed by atoms with Crippen molar-refractivity contribution in [3.05, 3.63) is 46.2 Å². The number of hydrogen-bond donors (Lipinski definition) is 3. The molecule has 2 aromatic rings. The Morgan fingerprint density at radius 3 is 3.18 bits per heavy atom. The molecule has 4 rings (SSSR count). The van der Waals surface area contributed by atoms with E-state index in [1.165, 1.54) is 15.3 Å². The average molecular weight is 316 g/mol. The molecule has 0 aromatic carbocycles. The Labute approximate surface area is 132 Å². The molecule has 2 atom stereocenters. The zero-order chi connectivity index (χ0) is 15.1. The molecular formula is C16H18N3O2S+. The molecule has 5 nitrogen and oxygen atoms in total. The van der Waals surface area contributed by atoms with Crippen LogP contribution in [-0.2, 0) is 13.0 Å². The Morgan fingerprint density at radius 2 is 2.36 bits per heavy atom. The number of fused-ring (bicyclic) bond motifs is 3. The van der Waals surface area contributed by atoms with Crippen LogP contribution in [0.4, 0.5) is 5.00 Å². The molecule has 1 amide bonds. The summed E-state index contributed by atoms with van der Waals surface area (Å²) in [5.41, 5.74) is 2.10. The maximum atomic E-state index is 12.5. The van der Waals surface area contributed by atoms with Crippen LogP contribution in [0.1, 0.15) is 26.6 Å². The number of rotatable bonds is 2. The van der Waals surface area contributed by atoms with E-state index in [2.05, 4.69) is 17.7 Å². The fourth-order valence-electron chi connectivity index (χ4n) is 3.03. The van der Waals surface area contributed by atoms with Gasteiger partial charge in [-0.3, -0.25) is 4.79 Å². The minimum absolute atomic E-state index is 0.0277. The molecule has 0 bridgehead atoms. The second-order valence-electron chi connectivity index (χ2n) is 5.81. The lowest BCUT2D eigenvalue weighted by atomic mass is 10.0. The molecule has 22 heavy (non-hydrogen) atoms. The minimum Gasteiger partial charge on any atom is -0.465 e. The molecule has 0 saturated carbocycles. The Morgan fingerprint density at radius 1 is 1.45 bits per heavy atom. The van der Waals surface area contributed by atoms with Gasteiger partial charge < -0.3 is 20.0 Å². The summed E-state index contributed by atoms with van der Waals surface area (Å²) in [6.07, 6.45) is 6.20. The first-order chi connectivity index (χ1) is 10.7. The summed E-state index contributed by atoms with van der Waals surface area (Å²) in [5, 5.41) is 7.41. The van der Waals surface area contributed by atoms with Gasteiger partial charge >= 0.3 is 0 Å². The van der Waals surface area contributed by atoms with Gasteiger partial charge in [0.15, 0.2) is 0 Å². The summed E-state index contributed by atoms with van der Waals surface area (Å²) in [4.78, 5) is 15.3. The van der Waals surface area contributed by atoms with Crippen molar-refractivity contribution in [1.29, 1.82) is 0 Å². The maximum absolute atomic E-state index is 12.5. The van der Waals surface area contributed by atoms with E-state index in [1.54, 1.807) is 17.6 Å². The summed E-state index contributed by atoms with van der Waals surface area (Å²) in [5.74, 6) is 0.803. The van der Waals surface area contributed by atoms with Crippen LogP contribution in [0.5, 0.6) is 0 Å². The number of thiophene rings is 1. The van der Waals surface area contributed by atoms with E-state index in [1.807, 2.05) is 24.3 Å². The van der Waals surface area contributed by atoms with Crippen LogP contribution in [0.2, 0.25) is 0 Å². The van der Waals surface area contributed by atoms with Gasteiger partial charge in [-0.15, -0.1) is 11.3 Å². The van der Waals surface area contributed by atoms with E-state index in [-0.39, 0.29) is 12.1 Å². The summed E-state index contributed by atoms with van der Waals surface area (Å²) in [6, 6.07) is 3.73. The summed E-state index contributed by atoms with van der Waals surface area (Å²) >= 11 is 1.72. The molecule has 1 unspecified atom stereocenters. The average Bonchev–Trinajstić information content (AvgIpc) is 3.11. The second kappa shape index (κ2) is 5.30. The fourth-order valence-corrected chi connectivity index (χ4v) is 4.42. The Bertz CT molecular complexity index is 733. The molecule has 3 N–H and O–H groups in total. The number of furan rings is 1. The third-order valence-corrected chi connectivity index (χ3v) is 5.31. The van der Waals surface area contributed by atoms with Crippen LogP contribution in [0, 0.1) is 0 Å². The first kappa shape index (κ1) is 13.6. The number of nitrogens with one attached hydrogen (secondary N) is 3. The first-order valence-electron chi connectivity index (χ1n) is 7.45. The van der Waals surface area contributed by atoms with E-state index in [9.17, 15) is 4.79 Å². The summed E-state index contributed by atoms with van der Waals surface area (Å²) < 4.78 is 5.27. The second-order valence-corrected chi connectivity index (χ2v) is 6.92. The number of hydrogen-bond acceptors (Lipinski definition) is 4. The van der Waals surface area contributed by atoms with Gasteiger partial charge in [0.2, 0.25) is 0 Å². The lowest BCUT2D eigenvalue weighted by molar-refractivity contribution is -0.895. The third-order valence-electron chi connectivity index (χ3n) is 4.15. The van der Waals surface area contributed by atoms with Crippen LogP contribution < -0.4 is 15.5 Å². The predicted molar refractivity (Wildman–Crippen MR) is 86.1 cm³/mol. The molecule has 0 saturated heterocycles. The fraction of sp³-hybridized carbons (Fsp3) is 0.312. The molecule has 0 fully saturated rings. The SMILES string of the molecule is C[NH+]1CCc2c(sc3c2C(=O)N[C@@H](/C=C/c2ccco2)N3)C1. The van der Waals surface area contributed by atoms with E-state index in [0.29, 0.717) is 0 Å². The molecule has 2 aromatic heterocycles. The number of anilines is 1. The van der Waals surface area contributed by atoms with E-state index >= 15 is 0 Å². The third kappa shape index (κ3) is 2.34. The first-order valence-corrected chi connectivity index (χ1v) is 8.27. The molecule has 4 heterocycles. The van der Waals surface area contributed by atoms with Crippen LogP contribution in [-0.4, -0.2) is 25.7 Å². The predicted octanol–water partition coefficient (Wildman–Crippen LogP) is 1.11. The summed E-state index contributed by atoms with van der Waals surface area (Å²) in [6.45, 7) is 2.10. The quantitative estimate of drug-likeness (QED) is 0.778. The molecule has 114 valence electrons. The largest absolute Gasteiger partial charge is 0.465 e. The normalized spacial score (nSPS) is 23.8. The highest BCUT2D eigenvalue weighted by Gasteiger charge is 2.32. The summed E-state index contributed by atoms with van der Waals surface area (Å²) in [7, 11) is 2.20. The van der Waals surface area contributed by atoms with Crippen LogP contribution in [0.3, 0.4) is 0 Å². The van der Waals surface area contributed by atoms with Crippen molar-refractivity contribution in [3.8, 4) is 0 Å². The number of quaternary nitrogens is 1. The standard InChI is InChI=1S/C16H17N3O2S/c1-19-7-6-11-12(9-19)22-16-14(11)15(20)17-13(18-16)5-4-10-3-2-8-21-10/h2-5,8,13,18H,6-7,9H2,1H3,(H,17,20)/p+1/b5-4+/t13-/m1/s1. The van der Waals surface area contributed by atoms with Crippen molar-refractivity contribution < 1.29 is 14.1 Å². The van der Waals surface area contributed by atoms with Crippen molar-refractivity contribution in [2.24, 2.45) is 0 Å². The smallest absolute Gasteiger partial charge is 0.256 e. The van der Waals surface area contributed by atoms with Crippen molar-refractivity contribution in [2.75, 3.05) is 18.9 Å². The zero-order valence-corrected chi connectivity index (χ0v) is 13.1. The topological polar surface area (TPSA) is 58.7 Å².